The Morgan fingerprint density at radius 3 is 2.06 bits per heavy atom. The van der Waals surface area contributed by atoms with Gasteiger partial charge in [-0.2, -0.15) is 11.8 Å². The molecule has 4 heterocycles. The molecule has 0 radical (unpaired) electrons. The summed E-state index contributed by atoms with van der Waals surface area (Å²) < 4.78 is 17.7. The molecule has 19 heteroatoms. The molecule has 0 saturated carbocycles. The molecule has 2 N–H and O–H groups in total. The first-order valence-corrected chi connectivity index (χ1v) is 31.2. The van der Waals surface area contributed by atoms with E-state index in [2.05, 4.69) is 95.6 Å². The summed E-state index contributed by atoms with van der Waals surface area (Å²) in [5, 5.41) is 18.6. The second kappa shape index (κ2) is 26.9. The van der Waals surface area contributed by atoms with Gasteiger partial charge in [-0.25, -0.2) is 19.4 Å². The molecule has 1 aliphatic heterocycles. The van der Waals surface area contributed by atoms with Crippen LogP contribution in [0.5, 0.6) is 5.75 Å². The number of ether oxygens (including phenoxy) is 2. The number of esters is 1. The summed E-state index contributed by atoms with van der Waals surface area (Å²) in [6, 6.07) is 61.2. The van der Waals surface area contributed by atoms with Crippen LogP contribution in [-0.2, 0) is 58.7 Å². The van der Waals surface area contributed by atoms with Crippen molar-refractivity contribution in [3.63, 3.8) is 0 Å². The number of imide groups is 1. The van der Waals surface area contributed by atoms with Gasteiger partial charge in [-0.15, -0.1) is 16.9 Å². The summed E-state index contributed by atoms with van der Waals surface area (Å²) in [7, 11) is 1.94. The van der Waals surface area contributed by atoms with Gasteiger partial charge < -0.3 is 23.9 Å². The van der Waals surface area contributed by atoms with Gasteiger partial charge in [0.15, 0.2) is 11.5 Å². The zero-order chi connectivity index (χ0) is 58.7. The standard InChI is InChI=1S/C66H62N10O6S3/c1-4-17-58-69-55(42-83-37-36-67-60(77)43-84-51-34-35-54-56(39-51)74(3)59(68-54)41-82-50-32-28-44(29-33-50)38-57-63(78)70-65(80)85-57)61(64(79)81-5-2)75(58)40-45-26-30-46(31-27-45)52-24-15-16-25-53(52)62-71-72-73-76(62)66(47-18-9-6-10-19-47,48-20-11-7-12-21-48)49-22-13-8-14-23-49/h6-16,18-35,39,57H,4-5,17,36-38,40-43H2,1-3H3,(H,67,77)(H,70,78,80). The molecule has 0 spiro atoms. The number of fused-ring (bicyclic) bond motifs is 1. The molecule has 7 aromatic carbocycles. The van der Waals surface area contributed by atoms with Crippen molar-refractivity contribution in [3.05, 3.63) is 233 Å². The first kappa shape index (κ1) is 58.0. The lowest BCUT2D eigenvalue weighted by Gasteiger charge is -2.36. The summed E-state index contributed by atoms with van der Waals surface area (Å²) in [5.41, 5.74) is 9.70. The van der Waals surface area contributed by atoms with Crippen LogP contribution < -0.4 is 15.4 Å². The molecular formula is C66H62N10O6S3. The summed E-state index contributed by atoms with van der Waals surface area (Å²) in [4.78, 5) is 61.3. The molecule has 1 fully saturated rings. The van der Waals surface area contributed by atoms with E-state index in [4.69, 9.17) is 29.8 Å². The van der Waals surface area contributed by atoms with E-state index in [1.165, 1.54) is 11.8 Å². The zero-order valence-corrected chi connectivity index (χ0v) is 49.7. The topological polar surface area (TPSA) is 190 Å². The fourth-order valence-corrected chi connectivity index (χ4v) is 13.1. The fraction of sp³-hybridized carbons (Fsp3) is 0.227. The van der Waals surface area contributed by atoms with E-state index in [1.54, 1.807) is 11.8 Å². The molecule has 1 saturated heterocycles. The average molecular weight is 1190 g/mol. The highest BCUT2D eigenvalue weighted by Gasteiger charge is 2.42. The average Bonchev–Trinajstić information content (AvgIpc) is 1.89. The number of hydrogen-bond acceptors (Lipinski definition) is 14. The van der Waals surface area contributed by atoms with E-state index in [-0.39, 0.29) is 36.0 Å². The number of imidazole rings is 2. The van der Waals surface area contributed by atoms with E-state index in [1.807, 2.05) is 137 Å². The predicted octanol–water partition coefficient (Wildman–Crippen LogP) is 11.7. The minimum Gasteiger partial charge on any atom is -0.486 e. The van der Waals surface area contributed by atoms with Crippen LogP contribution in [-0.4, -0.2) is 92.2 Å². The van der Waals surface area contributed by atoms with E-state index in [0.29, 0.717) is 60.4 Å². The highest BCUT2D eigenvalue weighted by Crippen LogP contribution is 2.43. The molecular weight excluding hydrogens is 1120 g/mol. The highest BCUT2D eigenvalue weighted by atomic mass is 32.2. The van der Waals surface area contributed by atoms with Crippen LogP contribution in [0, 0.1) is 0 Å². The van der Waals surface area contributed by atoms with Gasteiger partial charge in [-0.3, -0.25) is 19.7 Å². The van der Waals surface area contributed by atoms with Gasteiger partial charge in [-0.05, 0) is 99.5 Å². The Kier molecular flexibility index (Phi) is 18.3. The zero-order valence-electron chi connectivity index (χ0n) is 47.2. The molecule has 0 bridgehead atoms. The van der Waals surface area contributed by atoms with Gasteiger partial charge in [0, 0.05) is 48.5 Å². The molecule has 1 unspecified atom stereocenters. The second-order valence-electron chi connectivity index (χ2n) is 20.3. The molecule has 430 valence electrons. The number of nitrogens with one attached hydrogen (secondary N) is 2. The largest absolute Gasteiger partial charge is 0.486 e. The maximum absolute atomic E-state index is 13.9. The van der Waals surface area contributed by atoms with Gasteiger partial charge in [0.2, 0.25) is 11.8 Å². The van der Waals surface area contributed by atoms with Crippen molar-refractivity contribution in [2.75, 3.05) is 24.7 Å². The number of carbonyl (C=O) groups excluding carboxylic acids is 4. The third-order valence-corrected chi connectivity index (χ3v) is 17.7. The number of aromatic nitrogens is 8. The van der Waals surface area contributed by atoms with Crippen molar-refractivity contribution in [3.8, 4) is 28.3 Å². The van der Waals surface area contributed by atoms with Crippen LogP contribution in [0.2, 0.25) is 0 Å². The van der Waals surface area contributed by atoms with E-state index in [0.717, 1.165) is 90.3 Å². The van der Waals surface area contributed by atoms with Gasteiger partial charge in [0.05, 0.1) is 34.3 Å². The summed E-state index contributed by atoms with van der Waals surface area (Å²) in [6.45, 7) is 5.25. The van der Waals surface area contributed by atoms with Gasteiger partial charge >= 0.3 is 5.97 Å². The number of benzene rings is 7. The number of nitrogens with zero attached hydrogens (tertiary/aromatic N) is 8. The van der Waals surface area contributed by atoms with Gasteiger partial charge in [0.25, 0.3) is 5.24 Å². The Labute approximate surface area is 505 Å². The van der Waals surface area contributed by atoms with E-state index in [9.17, 15) is 19.2 Å². The Morgan fingerprint density at radius 2 is 1.41 bits per heavy atom. The smallest absolute Gasteiger partial charge is 0.356 e. The van der Waals surface area contributed by atoms with Crippen molar-refractivity contribution in [2.24, 2.45) is 7.05 Å². The summed E-state index contributed by atoms with van der Waals surface area (Å²) in [6.07, 6.45) is 1.97. The SMILES string of the molecule is CCCc1nc(CSCCNC(=O)CSc2ccc3nc(COc4ccc(CC5SC(=O)NC5=O)cc4)n(C)c3c2)c(C(=O)OCC)n1Cc1ccc(-c2ccccc2-c2nnnn2C(c2ccccc2)(c2ccccc2)c2ccccc2)cc1. The molecule has 10 aromatic rings. The minimum absolute atomic E-state index is 0.0812. The number of hydrogen-bond donors (Lipinski definition) is 2. The van der Waals surface area contributed by atoms with Crippen LogP contribution in [0.25, 0.3) is 33.5 Å². The Hall–Kier alpha value is -8.78. The summed E-state index contributed by atoms with van der Waals surface area (Å²) in [5.74, 6) is 3.40. The van der Waals surface area contributed by atoms with E-state index < -0.39 is 16.8 Å². The van der Waals surface area contributed by atoms with Crippen LogP contribution >= 0.6 is 35.3 Å². The first-order valence-electron chi connectivity index (χ1n) is 28.2. The number of rotatable bonds is 25. The third-order valence-electron chi connectivity index (χ3n) is 14.8. The van der Waals surface area contributed by atoms with Crippen LogP contribution in [0.4, 0.5) is 4.79 Å². The van der Waals surface area contributed by atoms with Crippen molar-refractivity contribution in [2.45, 2.75) is 67.7 Å². The third kappa shape index (κ3) is 12.8. The highest BCUT2D eigenvalue weighted by molar-refractivity contribution is 8.15. The quantitative estimate of drug-likeness (QED) is 0.0238. The second-order valence-corrected chi connectivity index (χ2v) is 23.6. The fourth-order valence-electron chi connectivity index (χ4n) is 10.7. The van der Waals surface area contributed by atoms with Gasteiger partial charge in [-0.1, -0.05) is 170 Å². The molecule has 0 aliphatic carbocycles. The van der Waals surface area contributed by atoms with E-state index >= 15 is 0 Å². The monoisotopic (exact) mass is 1190 g/mol. The Balaban J connectivity index is 0.728. The number of aryl methyl sites for hydroxylation is 2. The maximum atomic E-state index is 13.9. The molecule has 85 heavy (non-hydrogen) atoms. The van der Waals surface area contributed by atoms with Crippen molar-refractivity contribution >= 4 is 69.3 Å². The Bertz CT molecular complexity index is 3870. The number of thioether (sulfide) groups is 3. The lowest BCUT2D eigenvalue weighted by Crippen LogP contribution is -2.39. The van der Waals surface area contributed by atoms with Crippen LogP contribution in [0.15, 0.2) is 187 Å². The lowest BCUT2D eigenvalue weighted by atomic mass is 9.77. The normalized spacial score (nSPS) is 13.3. The lowest BCUT2D eigenvalue weighted by molar-refractivity contribution is -0.119. The van der Waals surface area contributed by atoms with Crippen LogP contribution in [0.1, 0.15) is 75.9 Å². The molecule has 11 rings (SSSR count). The maximum Gasteiger partial charge on any atom is 0.356 e. The van der Waals surface area contributed by atoms with Crippen molar-refractivity contribution in [1.29, 1.82) is 0 Å². The molecule has 3 aromatic heterocycles. The molecule has 1 atom stereocenters. The first-order chi connectivity index (χ1) is 41.6. The Morgan fingerprint density at radius 1 is 0.753 bits per heavy atom. The summed E-state index contributed by atoms with van der Waals surface area (Å²) >= 11 is 4.08. The van der Waals surface area contributed by atoms with Crippen molar-refractivity contribution < 1.29 is 28.7 Å². The molecule has 1 aliphatic rings. The molecule has 3 amide bonds. The number of carbonyl (C=O) groups is 4. The van der Waals surface area contributed by atoms with Crippen molar-refractivity contribution in [1.82, 2.24) is 49.9 Å². The molecule has 16 nitrogen and oxygen atoms in total. The predicted molar refractivity (Wildman–Crippen MR) is 335 cm³/mol. The number of amides is 3. The minimum atomic E-state index is -0.919. The van der Waals surface area contributed by atoms with Crippen LogP contribution in [0.3, 0.4) is 0 Å². The van der Waals surface area contributed by atoms with Gasteiger partial charge in [0.1, 0.15) is 29.5 Å². The number of tetrazole rings is 1.